The van der Waals surface area contributed by atoms with E-state index in [0.717, 1.165) is 29.5 Å². The first-order valence-electron chi connectivity index (χ1n) is 11.3. The molecule has 0 amide bonds. The fraction of sp³-hybridized carbons (Fsp3) is 0.310. The van der Waals surface area contributed by atoms with Gasteiger partial charge in [-0.3, -0.25) is 0 Å². The molecule has 0 atom stereocenters. The van der Waals surface area contributed by atoms with Crippen LogP contribution in [0.15, 0.2) is 60.7 Å². The number of rotatable bonds is 8. The van der Waals surface area contributed by atoms with Crippen molar-refractivity contribution < 1.29 is 8.78 Å². The van der Waals surface area contributed by atoms with E-state index in [-0.39, 0.29) is 5.56 Å². The molecule has 0 bridgehead atoms. The molecule has 0 spiro atoms. The molecular weight excluding hydrogens is 386 g/mol. The van der Waals surface area contributed by atoms with Crippen LogP contribution in [0.3, 0.4) is 0 Å². The van der Waals surface area contributed by atoms with Crippen molar-refractivity contribution in [3.8, 4) is 11.1 Å². The van der Waals surface area contributed by atoms with Crippen LogP contribution in [-0.4, -0.2) is 0 Å². The number of allylic oxidation sites excluding steroid dienone is 2. The largest absolute Gasteiger partial charge is 0.206 e. The van der Waals surface area contributed by atoms with Crippen molar-refractivity contribution in [2.24, 2.45) is 0 Å². The van der Waals surface area contributed by atoms with E-state index >= 15 is 0 Å². The van der Waals surface area contributed by atoms with Gasteiger partial charge < -0.3 is 0 Å². The minimum Gasteiger partial charge on any atom is -0.206 e. The lowest BCUT2D eigenvalue weighted by molar-refractivity contribution is 0.573. The van der Waals surface area contributed by atoms with E-state index in [4.69, 9.17) is 0 Å². The first-order chi connectivity index (χ1) is 14.9. The number of hydrogen-bond donors (Lipinski definition) is 0. The molecule has 0 saturated heterocycles. The number of benzene rings is 3. The second-order valence-electron chi connectivity index (χ2n) is 8.31. The lowest BCUT2D eigenvalue weighted by atomic mass is 9.93. The topological polar surface area (TPSA) is 0 Å². The summed E-state index contributed by atoms with van der Waals surface area (Å²) in [6.07, 6.45) is 5.07. The van der Waals surface area contributed by atoms with Gasteiger partial charge in [0.25, 0.3) is 0 Å². The third kappa shape index (κ3) is 5.50. The second kappa shape index (κ2) is 10.5. The third-order valence-electron chi connectivity index (χ3n) is 6.00. The summed E-state index contributed by atoms with van der Waals surface area (Å²) in [6.45, 7) is 7.92. The van der Waals surface area contributed by atoms with Crippen molar-refractivity contribution in [1.82, 2.24) is 0 Å². The molecule has 3 aromatic rings. The predicted octanol–water partition coefficient (Wildman–Crippen LogP) is 8.88. The zero-order valence-electron chi connectivity index (χ0n) is 19.1. The van der Waals surface area contributed by atoms with Gasteiger partial charge in [0.1, 0.15) is 11.6 Å². The molecule has 162 valence electrons. The third-order valence-corrected chi connectivity index (χ3v) is 6.00. The Morgan fingerprint density at radius 2 is 1.19 bits per heavy atom. The maximum Gasteiger partial charge on any atom is 0.133 e. The summed E-state index contributed by atoms with van der Waals surface area (Å²) in [5.41, 5.74) is 6.93. The predicted molar refractivity (Wildman–Crippen MR) is 129 cm³/mol. The quantitative estimate of drug-likeness (QED) is 0.320. The molecule has 0 aliphatic carbocycles. The normalized spacial score (nSPS) is 12.1. The molecule has 0 aromatic heterocycles. The summed E-state index contributed by atoms with van der Waals surface area (Å²) < 4.78 is 29.4. The monoisotopic (exact) mass is 418 g/mol. The molecule has 0 radical (unpaired) electrons. The van der Waals surface area contributed by atoms with Crippen LogP contribution in [0.1, 0.15) is 69.2 Å². The van der Waals surface area contributed by atoms with Crippen LogP contribution in [0.5, 0.6) is 0 Å². The molecule has 0 nitrogen and oxygen atoms in total. The molecule has 0 N–H and O–H groups in total. The van der Waals surface area contributed by atoms with Gasteiger partial charge in [0.05, 0.1) is 0 Å². The number of halogens is 2. The molecule has 0 aliphatic rings. The van der Waals surface area contributed by atoms with E-state index in [1.165, 1.54) is 36.1 Å². The summed E-state index contributed by atoms with van der Waals surface area (Å²) in [5, 5.41) is 0. The first kappa shape index (κ1) is 22.9. The van der Waals surface area contributed by atoms with Gasteiger partial charge in [0.2, 0.25) is 0 Å². The average Bonchev–Trinajstić information content (AvgIpc) is 2.77. The molecule has 3 rings (SSSR count). The number of unbranched alkanes of at least 4 members (excludes halogenated alkanes) is 1. The highest BCUT2D eigenvalue weighted by Gasteiger charge is 2.15. The Balaban J connectivity index is 1.85. The van der Waals surface area contributed by atoms with Crippen LogP contribution in [0, 0.1) is 11.6 Å². The first-order valence-corrected chi connectivity index (χ1v) is 11.3. The van der Waals surface area contributed by atoms with Gasteiger partial charge in [-0.15, -0.1) is 0 Å². The van der Waals surface area contributed by atoms with E-state index < -0.39 is 11.6 Å². The molecule has 0 aliphatic heterocycles. The maximum absolute atomic E-state index is 14.7. The van der Waals surface area contributed by atoms with Gasteiger partial charge >= 0.3 is 0 Å². The maximum atomic E-state index is 14.7. The van der Waals surface area contributed by atoms with Crippen LogP contribution in [0.25, 0.3) is 22.3 Å². The molecular formula is C29H32F2. The Kier molecular flexibility index (Phi) is 7.79. The highest BCUT2D eigenvalue weighted by atomic mass is 19.1. The molecule has 0 fully saturated rings. The summed E-state index contributed by atoms with van der Waals surface area (Å²) >= 11 is 0. The Labute approximate surface area is 185 Å². The van der Waals surface area contributed by atoms with Crippen LogP contribution < -0.4 is 0 Å². The molecule has 2 heteroatoms. The fourth-order valence-corrected chi connectivity index (χ4v) is 3.98. The van der Waals surface area contributed by atoms with E-state index in [1.54, 1.807) is 6.92 Å². The smallest absolute Gasteiger partial charge is 0.133 e. The Morgan fingerprint density at radius 3 is 1.71 bits per heavy atom. The summed E-state index contributed by atoms with van der Waals surface area (Å²) in [4.78, 5) is 0. The van der Waals surface area contributed by atoms with Gasteiger partial charge in [0.15, 0.2) is 0 Å². The standard InChI is InChI=1S/C29H32F2/c1-5-7-9-22-10-12-25(13-11-22)26-16-14-24(15-17-26)20(3)21(4)29-27(30)18-23(8-6-2)19-28(29)31/h10-19H,5-9H2,1-4H3/b21-20-. The summed E-state index contributed by atoms with van der Waals surface area (Å²) in [6, 6.07) is 19.9. The fourth-order valence-electron chi connectivity index (χ4n) is 3.98. The SMILES string of the molecule is CCCCc1ccc(-c2ccc(/C(C)=C(/C)c3c(F)cc(CCC)cc3F)cc2)cc1. The van der Waals surface area contributed by atoms with Crippen molar-refractivity contribution in [2.75, 3.05) is 0 Å². The van der Waals surface area contributed by atoms with E-state index in [1.807, 2.05) is 26.0 Å². The summed E-state index contributed by atoms with van der Waals surface area (Å²) in [7, 11) is 0. The number of hydrogen-bond acceptors (Lipinski definition) is 0. The zero-order chi connectivity index (χ0) is 22.4. The van der Waals surface area contributed by atoms with Crippen LogP contribution >= 0.6 is 0 Å². The Bertz CT molecular complexity index is 1020. The van der Waals surface area contributed by atoms with Gasteiger partial charge in [-0.2, -0.15) is 0 Å². The molecule has 31 heavy (non-hydrogen) atoms. The van der Waals surface area contributed by atoms with Gasteiger partial charge in [0, 0.05) is 5.56 Å². The number of aryl methyl sites for hydroxylation is 2. The second-order valence-corrected chi connectivity index (χ2v) is 8.31. The Morgan fingerprint density at radius 1 is 0.645 bits per heavy atom. The molecule has 0 saturated carbocycles. The lowest BCUT2D eigenvalue weighted by Gasteiger charge is -2.13. The summed E-state index contributed by atoms with van der Waals surface area (Å²) in [5.74, 6) is -0.972. The molecule has 0 heterocycles. The zero-order valence-corrected chi connectivity index (χ0v) is 19.1. The molecule has 0 unspecified atom stereocenters. The Hall–Kier alpha value is -2.74. The molecule has 3 aromatic carbocycles. The van der Waals surface area contributed by atoms with Gasteiger partial charge in [-0.05, 0) is 84.2 Å². The van der Waals surface area contributed by atoms with Gasteiger partial charge in [-0.1, -0.05) is 75.2 Å². The van der Waals surface area contributed by atoms with Crippen molar-refractivity contribution >= 4 is 11.1 Å². The van der Waals surface area contributed by atoms with Crippen LogP contribution in [-0.2, 0) is 12.8 Å². The van der Waals surface area contributed by atoms with Crippen molar-refractivity contribution in [3.05, 3.63) is 94.6 Å². The van der Waals surface area contributed by atoms with E-state index in [2.05, 4.69) is 43.3 Å². The average molecular weight is 419 g/mol. The van der Waals surface area contributed by atoms with E-state index in [9.17, 15) is 8.78 Å². The van der Waals surface area contributed by atoms with Crippen LogP contribution in [0.4, 0.5) is 8.78 Å². The van der Waals surface area contributed by atoms with Crippen molar-refractivity contribution in [3.63, 3.8) is 0 Å². The highest BCUT2D eigenvalue weighted by molar-refractivity contribution is 5.89. The van der Waals surface area contributed by atoms with E-state index in [0.29, 0.717) is 17.6 Å². The van der Waals surface area contributed by atoms with Gasteiger partial charge in [-0.25, -0.2) is 8.78 Å². The lowest BCUT2D eigenvalue weighted by Crippen LogP contribution is -1.98. The minimum absolute atomic E-state index is 0.0732. The van der Waals surface area contributed by atoms with Crippen molar-refractivity contribution in [2.45, 2.75) is 59.8 Å². The van der Waals surface area contributed by atoms with Crippen molar-refractivity contribution in [1.29, 1.82) is 0 Å². The highest BCUT2D eigenvalue weighted by Crippen LogP contribution is 2.31. The van der Waals surface area contributed by atoms with Crippen LogP contribution in [0.2, 0.25) is 0 Å². The minimum atomic E-state index is -0.486.